The van der Waals surface area contributed by atoms with Crippen LogP contribution >= 0.6 is 0 Å². The Bertz CT molecular complexity index is 421. The molecule has 2 rings (SSSR count). The second-order valence-electron chi connectivity index (χ2n) is 4.96. The van der Waals surface area contributed by atoms with E-state index in [0.717, 1.165) is 25.9 Å². The van der Waals surface area contributed by atoms with Crippen LogP contribution in [0.5, 0.6) is 0 Å². The Kier molecular flexibility index (Phi) is 6.39. The lowest BCUT2D eigenvalue weighted by molar-refractivity contribution is -0.122. The van der Waals surface area contributed by atoms with E-state index in [9.17, 15) is 4.79 Å². The molecule has 1 amide bonds. The maximum absolute atomic E-state index is 11.8. The number of carbonyl (C=O) groups is 1. The minimum absolute atomic E-state index is 0.0574. The van der Waals surface area contributed by atoms with Gasteiger partial charge >= 0.3 is 0 Å². The lowest BCUT2D eigenvalue weighted by Gasteiger charge is -2.31. The summed E-state index contributed by atoms with van der Waals surface area (Å²) in [5.74, 6) is 0.525. The molecular weight excluding hydrogens is 272 g/mol. The number of hydrazine groups is 1. The number of carbonyl (C=O) groups excluding carboxylic acids is 1. The molecule has 21 heavy (non-hydrogen) atoms. The van der Waals surface area contributed by atoms with Crippen molar-refractivity contribution in [2.45, 2.75) is 18.9 Å². The Morgan fingerprint density at radius 2 is 2.24 bits per heavy atom. The first kappa shape index (κ1) is 15.7. The van der Waals surface area contributed by atoms with Crippen LogP contribution in [0, 0.1) is 0 Å². The van der Waals surface area contributed by atoms with E-state index >= 15 is 0 Å². The molecule has 1 aromatic heterocycles. The van der Waals surface area contributed by atoms with Crippen molar-refractivity contribution in [3.8, 4) is 0 Å². The minimum atomic E-state index is -0.0876. The molecule has 1 saturated heterocycles. The predicted octanol–water partition coefficient (Wildman–Crippen LogP) is -0.00200. The second kappa shape index (κ2) is 8.56. The topological polar surface area (TPSA) is 86.7 Å². The number of nitrogens with zero attached hydrogens (tertiary/aromatic N) is 2. The van der Waals surface area contributed by atoms with Crippen molar-refractivity contribution in [1.29, 1.82) is 0 Å². The standard InChI is InChI=1S/C14H22N4O3/c19-9-10-21-12-4-7-18(8-5-12)11-14(20)17-16-13-3-1-2-6-15-13/h1-3,6,12,19H,4-5,7-11H2,(H,15,16)(H,17,20). The maximum atomic E-state index is 11.8. The summed E-state index contributed by atoms with van der Waals surface area (Å²) in [6.07, 6.45) is 3.64. The van der Waals surface area contributed by atoms with Crippen LogP contribution in [0.3, 0.4) is 0 Å². The summed E-state index contributed by atoms with van der Waals surface area (Å²) in [6, 6.07) is 5.44. The summed E-state index contributed by atoms with van der Waals surface area (Å²) in [4.78, 5) is 18.0. The van der Waals surface area contributed by atoms with E-state index in [0.29, 0.717) is 19.0 Å². The van der Waals surface area contributed by atoms with Gasteiger partial charge in [0, 0.05) is 19.3 Å². The number of likely N-dealkylation sites (tertiary alicyclic amines) is 1. The summed E-state index contributed by atoms with van der Waals surface area (Å²) >= 11 is 0. The van der Waals surface area contributed by atoms with Crippen LogP contribution < -0.4 is 10.9 Å². The number of hydrogen-bond acceptors (Lipinski definition) is 6. The molecule has 1 aliphatic heterocycles. The molecule has 0 unspecified atom stereocenters. The summed E-state index contributed by atoms with van der Waals surface area (Å²) in [7, 11) is 0. The molecule has 7 nitrogen and oxygen atoms in total. The van der Waals surface area contributed by atoms with Gasteiger partial charge in [0.25, 0.3) is 5.91 Å². The number of rotatable bonds is 7. The van der Waals surface area contributed by atoms with Crippen LogP contribution in [0.15, 0.2) is 24.4 Å². The van der Waals surface area contributed by atoms with E-state index in [-0.39, 0.29) is 18.6 Å². The first-order valence-corrected chi connectivity index (χ1v) is 7.18. The lowest BCUT2D eigenvalue weighted by Crippen LogP contribution is -2.44. The fourth-order valence-electron chi connectivity index (χ4n) is 2.27. The molecule has 0 radical (unpaired) electrons. The highest BCUT2D eigenvalue weighted by Crippen LogP contribution is 2.13. The van der Waals surface area contributed by atoms with Gasteiger partial charge in [-0.25, -0.2) is 4.98 Å². The first-order chi connectivity index (χ1) is 10.3. The molecule has 0 atom stereocenters. The van der Waals surface area contributed by atoms with Crippen molar-refractivity contribution < 1.29 is 14.6 Å². The molecule has 2 heterocycles. The number of aliphatic hydroxyl groups excluding tert-OH is 1. The van der Waals surface area contributed by atoms with Crippen LogP contribution in [0.1, 0.15) is 12.8 Å². The van der Waals surface area contributed by atoms with Crippen LogP contribution in [0.25, 0.3) is 0 Å². The highest BCUT2D eigenvalue weighted by molar-refractivity contribution is 5.79. The normalized spacial score (nSPS) is 16.6. The second-order valence-corrected chi connectivity index (χ2v) is 4.96. The third-order valence-corrected chi connectivity index (χ3v) is 3.34. The minimum Gasteiger partial charge on any atom is -0.394 e. The Morgan fingerprint density at radius 1 is 1.43 bits per heavy atom. The van der Waals surface area contributed by atoms with E-state index in [4.69, 9.17) is 9.84 Å². The van der Waals surface area contributed by atoms with Crippen molar-refractivity contribution in [1.82, 2.24) is 15.3 Å². The Balaban J connectivity index is 1.63. The monoisotopic (exact) mass is 294 g/mol. The molecule has 7 heteroatoms. The number of nitrogens with one attached hydrogen (secondary N) is 2. The van der Waals surface area contributed by atoms with Crippen molar-refractivity contribution in [2.24, 2.45) is 0 Å². The van der Waals surface area contributed by atoms with E-state index in [1.807, 2.05) is 12.1 Å². The SMILES string of the molecule is O=C(CN1CCC(OCCO)CC1)NNc1ccccn1. The molecule has 116 valence electrons. The first-order valence-electron chi connectivity index (χ1n) is 7.18. The van der Waals surface area contributed by atoms with Crippen molar-refractivity contribution in [3.63, 3.8) is 0 Å². The summed E-state index contributed by atoms with van der Waals surface area (Å²) in [5, 5.41) is 8.72. The molecule has 3 N–H and O–H groups in total. The fraction of sp³-hybridized carbons (Fsp3) is 0.571. The van der Waals surface area contributed by atoms with Gasteiger partial charge in [0.2, 0.25) is 0 Å². The molecule has 0 saturated carbocycles. The highest BCUT2D eigenvalue weighted by atomic mass is 16.5. The zero-order valence-corrected chi connectivity index (χ0v) is 12.0. The number of anilines is 1. The average molecular weight is 294 g/mol. The van der Waals surface area contributed by atoms with Crippen molar-refractivity contribution >= 4 is 11.7 Å². The molecule has 0 bridgehead atoms. The molecular formula is C14H22N4O3. The molecule has 1 aromatic rings. The number of hydrogen-bond donors (Lipinski definition) is 3. The van der Waals surface area contributed by atoms with Gasteiger partial charge in [0.05, 0.1) is 25.9 Å². The van der Waals surface area contributed by atoms with Gasteiger partial charge in [-0.1, -0.05) is 6.07 Å². The molecule has 0 aromatic carbocycles. The Morgan fingerprint density at radius 3 is 2.90 bits per heavy atom. The Labute approximate surface area is 124 Å². The molecule has 0 spiro atoms. The van der Waals surface area contributed by atoms with Gasteiger partial charge in [-0.2, -0.15) is 0 Å². The number of ether oxygens (including phenoxy) is 1. The number of pyridine rings is 1. The molecule has 1 fully saturated rings. The third-order valence-electron chi connectivity index (χ3n) is 3.34. The predicted molar refractivity (Wildman–Crippen MR) is 78.5 cm³/mol. The summed E-state index contributed by atoms with van der Waals surface area (Å²) in [5.41, 5.74) is 5.42. The number of piperidine rings is 1. The zero-order chi connectivity index (χ0) is 14.9. The largest absolute Gasteiger partial charge is 0.394 e. The summed E-state index contributed by atoms with van der Waals surface area (Å²) < 4.78 is 5.49. The summed E-state index contributed by atoms with van der Waals surface area (Å²) in [6.45, 7) is 2.45. The average Bonchev–Trinajstić information content (AvgIpc) is 2.53. The van der Waals surface area contributed by atoms with Gasteiger partial charge in [-0.3, -0.25) is 20.5 Å². The van der Waals surface area contributed by atoms with E-state index in [1.165, 1.54) is 0 Å². The molecule has 0 aliphatic carbocycles. The van der Waals surface area contributed by atoms with Crippen molar-refractivity contribution in [3.05, 3.63) is 24.4 Å². The smallest absolute Gasteiger partial charge is 0.252 e. The van der Waals surface area contributed by atoms with Crippen LogP contribution in [0.4, 0.5) is 5.82 Å². The number of aromatic nitrogens is 1. The third kappa shape index (κ3) is 5.66. The zero-order valence-electron chi connectivity index (χ0n) is 12.0. The van der Waals surface area contributed by atoms with E-state index in [1.54, 1.807) is 12.3 Å². The lowest BCUT2D eigenvalue weighted by atomic mass is 10.1. The van der Waals surface area contributed by atoms with Crippen LogP contribution in [0.2, 0.25) is 0 Å². The number of amides is 1. The number of aliphatic hydroxyl groups is 1. The van der Waals surface area contributed by atoms with Gasteiger partial charge < -0.3 is 9.84 Å². The van der Waals surface area contributed by atoms with Gasteiger partial charge in [0.1, 0.15) is 5.82 Å². The quantitative estimate of drug-likeness (QED) is 0.614. The fourth-order valence-corrected chi connectivity index (χ4v) is 2.27. The molecule has 1 aliphatic rings. The van der Waals surface area contributed by atoms with E-state index < -0.39 is 0 Å². The van der Waals surface area contributed by atoms with E-state index in [2.05, 4.69) is 20.7 Å². The van der Waals surface area contributed by atoms with Crippen LogP contribution in [-0.4, -0.2) is 59.8 Å². The van der Waals surface area contributed by atoms with Crippen LogP contribution in [-0.2, 0) is 9.53 Å². The highest BCUT2D eigenvalue weighted by Gasteiger charge is 2.21. The maximum Gasteiger partial charge on any atom is 0.252 e. The Hall–Kier alpha value is -1.70. The van der Waals surface area contributed by atoms with Gasteiger partial charge in [0.15, 0.2) is 0 Å². The van der Waals surface area contributed by atoms with Gasteiger partial charge in [-0.15, -0.1) is 0 Å². The van der Waals surface area contributed by atoms with Crippen molar-refractivity contribution in [2.75, 3.05) is 38.3 Å². The van der Waals surface area contributed by atoms with Gasteiger partial charge in [-0.05, 0) is 25.0 Å².